The minimum Gasteiger partial charge on any atom is -1.00 e. The first-order valence-electron chi connectivity index (χ1n) is 8.08. The van der Waals surface area contributed by atoms with Crippen molar-refractivity contribution in [2.24, 2.45) is 0 Å². The van der Waals surface area contributed by atoms with Crippen molar-refractivity contribution in [3.05, 3.63) is 12.2 Å². The molecule has 0 radical (unpaired) electrons. The second kappa shape index (κ2) is 15.6. The van der Waals surface area contributed by atoms with Crippen LogP contribution in [0.3, 0.4) is 0 Å². The van der Waals surface area contributed by atoms with Crippen molar-refractivity contribution in [2.75, 3.05) is 19.0 Å². The Balaban J connectivity index is -0.00000220. The van der Waals surface area contributed by atoms with Crippen molar-refractivity contribution < 1.29 is 53.1 Å². The normalized spacial score (nSPS) is 10.9. The van der Waals surface area contributed by atoms with Gasteiger partial charge in [-0.15, -0.1) is 0 Å². The molecule has 132 valence electrons. The van der Waals surface area contributed by atoms with E-state index in [2.05, 4.69) is 6.58 Å². The van der Waals surface area contributed by atoms with Gasteiger partial charge in [0.2, 0.25) is 0 Å². The monoisotopic (exact) mass is 358 g/mol. The fraction of sp³-hybridized carbons (Fsp3) is 0.812. The molecular formula is C16H31NaO5S. The van der Waals surface area contributed by atoms with Crippen LogP contribution in [0.25, 0.3) is 0 Å². The summed E-state index contributed by atoms with van der Waals surface area (Å²) >= 11 is 0. The smallest absolute Gasteiger partial charge is 1.00 e. The van der Waals surface area contributed by atoms with Crippen LogP contribution >= 0.6 is 0 Å². The minimum absolute atomic E-state index is 0. The topological polar surface area (TPSA) is 69.7 Å². The molecule has 0 saturated carbocycles. The Labute approximate surface area is 165 Å². The van der Waals surface area contributed by atoms with Gasteiger partial charge in [-0.3, -0.25) is 4.18 Å². The molecule has 0 fully saturated rings. The maximum Gasteiger partial charge on any atom is 1.00 e. The van der Waals surface area contributed by atoms with Gasteiger partial charge in [-0.2, -0.15) is 8.42 Å². The van der Waals surface area contributed by atoms with Gasteiger partial charge in [0, 0.05) is 5.57 Å². The van der Waals surface area contributed by atoms with Crippen LogP contribution in [0.5, 0.6) is 0 Å². The van der Waals surface area contributed by atoms with Crippen LogP contribution < -0.4 is 29.6 Å². The number of hydrogen-bond acceptors (Lipinski definition) is 5. The molecule has 0 unspecified atom stereocenters. The number of carbonyl (C=O) groups is 1. The Kier molecular flexibility index (Phi) is 17.2. The molecule has 7 heteroatoms. The predicted molar refractivity (Wildman–Crippen MR) is 89.2 cm³/mol. The molecule has 0 bridgehead atoms. The molecule has 0 saturated heterocycles. The summed E-state index contributed by atoms with van der Waals surface area (Å²) in [6, 6.07) is 0. The number of ether oxygens (including phenoxy) is 1. The average Bonchev–Trinajstić information content (AvgIpc) is 2.45. The molecule has 0 spiro atoms. The van der Waals surface area contributed by atoms with Crippen LogP contribution in [0, 0.1) is 0 Å². The molecule has 0 aliphatic heterocycles. The zero-order chi connectivity index (χ0) is 16.8. The van der Waals surface area contributed by atoms with Crippen molar-refractivity contribution in [3.8, 4) is 0 Å². The zero-order valence-corrected chi connectivity index (χ0v) is 17.8. The van der Waals surface area contributed by atoms with Crippen molar-refractivity contribution in [1.82, 2.24) is 0 Å². The summed E-state index contributed by atoms with van der Waals surface area (Å²) in [5.74, 6) is -0.235. The Hall–Kier alpha value is 0.120. The van der Waals surface area contributed by atoms with E-state index in [9.17, 15) is 13.2 Å². The Bertz CT molecular complexity index is 426. The molecule has 0 amide bonds. The van der Waals surface area contributed by atoms with Crippen LogP contribution in [-0.2, 0) is 23.8 Å². The molecular weight excluding hydrogens is 327 g/mol. The third kappa shape index (κ3) is 16.8. The van der Waals surface area contributed by atoms with E-state index in [0.717, 1.165) is 44.9 Å². The molecule has 0 aromatic heterocycles. The van der Waals surface area contributed by atoms with Gasteiger partial charge in [0.15, 0.2) is 0 Å². The Morgan fingerprint density at radius 2 is 1.57 bits per heavy atom. The van der Waals surface area contributed by atoms with E-state index in [1.54, 1.807) is 6.92 Å². The number of hydrogen-bond donors (Lipinski definition) is 0. The van der Waals surface area contributed by atoms with E-state index in [-0.39, 0.29) is 42.7 Å². The summed E-state index contributed by atoms with van der Waals surface area (Å²) in [4.78, 5) is 11.1. The summed E-state index contributed by atoms with van der Waals surface area (Å²) < 4.78 is 32.9. The van der Waals surface area contributed by atoms with Crippen LogP contribution in [0.15, 0.2) is 12.2 Å². The maximum absolute atomic E-state index is 11.5. The number of rotatable bonds is 14. The largest absolute Gasteiger partial charge is 1.00 e. The SMILES string of the molecule is C=C(C)C(=O)OCCCCCCCCS(=O)(=O)OCCCC.[H-].[Na+]. The van der Waals surface area contributed by atoms with E-state index in [0.29, 0.717) is 25.2 Å². The number of unbranched alkanes of at least 4 members (excludes halogenated alkanes) is 6. The molecule has 5 nitrogen and oxygen atoms in total. The Morgan fingerprint density at radius 1 is 1.00 bits per heavy atom. The molecule has 0 atom stereocenters. The Morgan fingerprint density at radius 3 is 2.13 bits per heavy atom. The van der Waals surface area contributed by atoms with E-state index >= 15 is 0 Å². The number of carbonyl (C=O) groups excluding carboxylic acids is 1. The molecule has 0 aromatic rings. The summed E-state index contributed by atoms with van der Waals surface area (Å²) in [6.45, 7) is 7.85. The van der Waals surface area contributed by atoms with Gasteiger partial charge >= 0.3 is 35.5 Å². The van der Waals surface area contributed by atoms with Crippen LogP contribution in [0.4, 0.5) is 0 Å². The van der Waals surface area contributed by atoms with Crippen LogP contribution in [0.2, 0.25) is 0 Å². The van der Waals surface area contributed by atoms with E-state index in [4.69, 9.17) is 8.92 Å². The predicted octanol–water partition coefficient (Wildman–Crippen LogP) is 0.709. The fourth-order valence-electron chi connectivity index (χ4n) is 1.77. The van der Waals surface area contributed by atoms with Gasteiger partial charge in [0.25, 0.3) is 10.1 Å². The summed E-state index contributed by atoms with van der Waals surface area (Å²) in [5, 5.41) is 0. The minimum atomic E-state index is -3.34. The van der Waals surface area contributed by atoms with Crippen LogP contribution in [-0.4, -0.2) is 33.4 Å². The quantitative estimate of drug-likeness (QED) is 0.150. The first-order valence-corrected chi connectivity index (χ1v) is 9.66. The molecule has 0 aliphatic rings. The van der Waals surface area contributed by atoms with Gasteiger partial charge < -0.3 is 6.16 Å². The molecule has 0 heterocycles. The second-order valence-electron chi connectivity index (χ2n) is 5.47. The number of esters is 1. The van der Waals surface area contributed by atoms with Gasteiger partial charge in [-0.25, -0.2) is 4.79 Å². The maximum atomic E-state index is 11.5. The molecule has 23 heavy (non-hydrogen) atoms. The van der Waals surface area contributed by atoms with Gasteiger partial charge in [0.1, 0.15) is 0 Å². The van der Waals surface area contributed by atoms with E-state index in [1.807, 2.05) is 6.92 Å². The van der Waals surface area contributed by atoms with E-state index in [1.165, 1.54) is 0 Å². The summed E-state index contributed by atoms with van der Waals surface area (Å²) in [7, 11) is -3.34. The second-order valence-corrected chi connectivity index (χ2v) is 7.23. The van der Waals surface area contributed by atoms with Gasteiger partial charge in [-0.05, 0) is 26.2 Å². The van der Waals surface area contributed by atoms with Crippen molar-refractivity contribution in [1.29, 1.82) is 0 Å². The van der Waals surface area contributed by atoms with Crippen LogP contribution in [0.1, 0.15) is 66.6 Å². The summed E-state index contributed by atoms with van der Waals surface area (Å²) in [6.07, 6.45) is 7.02. The van der Waals surface area contributed by atoms with Crippen molar-refractivity contribution >= 4 is 16.1 Å². The zero-order valence-electron chi connectivity index (χ0n) is 15.9. The standard InChI is InChI=1S/C16H30O5S.Na.H/c1-4-5-13-21-22(18,19)14-11-9-7-6-8-10-12-20-16(17)15(2)3;;/h2,4-14H2,1,3H3;;/q;+1;-1. The third-order valence-electron chi connectivity index (χ3n) is 3.13. The molecule has 0 aliphatic carbocycles. The van der Waals surface area contributed by atoms with Crippen molar-refractivity contribution in [3.63, 3.8) is 0 Å². The van der Waals surface area contributed by atoms with E-state index < -0.39 is 10.1 Å². The average molecular weight is 358 g/mol. The van der Waals surface area contributed by atoms with Gasteiger partial charge in [-0.1, -0.05) is 45.6 Å². The third-order valence-corrected chi connectivity index (χ3v) is 4.45. The van der Waals surface area contributed by atoms with Gasteiger partial charge in [0.05, 0.1) is 19.0 Å². The first kappa shape index (κ1) is 25.4. The fourth-order valence-corrected chi connectivity index (χ4v) is 2.81. The molecule has 0 rings (SSSR count). The first-order chi connectivity index (χ1) is 10.4. The molecule has 0 N–H and O–H groups in total. The summed E-state index contributed by atoms with van der Waals surface area (Å²) in [5.41, 5.74) is 0.419. The molecule has 0 aromatic carbocycles. The van der Waals surface area contributed by atoms with Crippen molar-refractivity contribution in [2.45, 2.75) is 65.2 Å².